The fourth-order valence-electron chi connectivity index (χ4n) is 4.37. The van der Waals surface area contributed by atoms with E-state index in [9.17, 15) is 19.2 Å². The quantitative estimate of drug-likeness (QED) is 0.244. The first-order valence-corrected chi connectivity index (χ1v) is 12.3. The Bertz CT molecular complexity index is 1910. The molecular formula is C31H22F2N4O3. The van der Waals surface area contributed by atoms with E-state index in [0.29, 0.717) is 33.7 Å². The second-order valence-electron chi connectivity index (χ2n) is 9.32. The van der Waals surface area contributed by atoms with E-state index in [0.717, 1.165) is 17.3 Å². The Morgan fingerprint density at radius 2 is 1.75 bits per heavy atom. The zero-order valence-corrected chi connectivity index (χ0v) is 21.8. The molecule has 0 saturated carbocycles. The summed E-state index contributed by atoms with van der Waals surface area (Å²) < 4.78 is 35.5. The van der Waals surface area contributed by atoms with Crippen LogP contribution in [0.4, 0.5) is 8.78 Å². The summed E-state index contributed by atoms with van der Waals surface area (Å²) in [7, 11) is 0. The lowest BCUT2D eigenvalue weighted by molar-refractivity contribution is 0.0991. The molecule has 9 heteroatoms. The Hall–Kier alpha value is -5.23. The summed E-state index contributed by atoms with van der Waals surface area (Å²) in [5.41, 5.74) is 3.04. The summed E-state index contributed by atoms with van der Waals surface area (Å²) in [4.78, 5) is 35.3. The lowest BCUT2D eigenvalue weighted by atomic mass is 10.0. The maximum absolute atomic E-state index is 15.1. The molecule has 2 aromatic carbocycles. The number of benzene rings is 2. The normalized spacial score (nSPS) is 10.9. The largest absolute Gasteiger partial charge is 0.452 e. The average Bonchev–Trinajstić information content (AvgIpc) is 2.92. The van der Waals surface area contributed by atoms with Gasteiger partial charge in [-0.3, -0.25) is 19.1 Å². The van der Waals surface area contributed by atoms with Gasteiger partial charge in [0, 0.05) is 35.8 Å². The number of hydrogen-bond donors (Lipinski definition) is 0. The Kier molecular flexibility index (Phi) is 6.92. The molecule has 5 aromatic rings. The highest BCUT2D eigenvalue weighted by atomic mass is 19.1. The molecule has 0 bridgehead atoms. The van der Waals surface area contributed by atoms with E-state index in [2.05, 4.69) is 9.97 Å². The van der Waals surface area contributed by atoms with E-state index in [1.807, 2.05) is 26.0 Å². The van der Waals surface area contributed by atoms with E-state index in [1.54, 1.807) is 19.2 Å². The molecule has 0 N–H and O–H groups in total. The molecule has 0 saturated heterocycles. The highest BCUT2D eigenvalue weighted by Gasteiger charge is 2.20. The van der Waals surface area contributed by atoms with Gasteiger partial charge in [0.05, 0.1) is 16.6 Å². The molecule has 0 aliphatic rings. The number of halogens is 2. The number of carbonyl (C=O) groups is 1. The summed E-state index contributed by atoms with van der Waals surface area (Å²) in [5, 5.41) is 9.59. The Labute approximate surface area is 228 Å². The smallest absolute Gasteiger partial charge is 0.266 e. The summed E-state index contributed by atoms with van der Waals surface area (Å²) in [6.45, 7) is 5.35. The van der Waals surface area contributed by atoms with Crippen LogP contribution in [0.1, 0.15) is 38.4 Å². The van der Waals surface area contributed by atoms with Gasteiger partial charge in [0.1, 0.15) is 17.4 Å². The van der Waals surface area contributed by atoms with E-state index in [4.69, 9.17) is 4.74 Å². The highest BCUT2D eigenvalue weighted by Crippen LogP contribution is 2.30. The number of rotatable bonds is 6. The summed E-state index contributed by atoms with van der Waals surface area (Å²) in [5.74, 6) is -1.52. The van der Waals surface area contributed by atoms with Crippen LogP contribution in [0.25, 0.3) is 16.7 Å². The van der Waals surface area contributed by atoms with Crippen LogP contribution in [-0.2, 0) is 6.42 Å². The molecule has 3 heterocycles. The Balaban J connectivity index is 1.44. The van der Waals surface area contributed by atoms with Crippen molar-refractivity contribution < 1.29 is 18.3 Å². The van der Waals surface area contributed by atoms with Gasteiger partial charge in [-0.15, -0.1) is 0 Å². The van der Waals surface area contributed by atoms with E-state index < -0.39 is 23.0 Å². The van der Waals surface area contributed by atoms with Crippen molar-refractivity contribution in [2.45, 2.75) is 27.2 Å². The van der Waals surface area contributed by atoms with Crippen LogP contribution in [0.15, 0.2) is 71.7 Å². The third kappa shape index (κ3) is 4.95. The molecule has 0 atom stereocenters. The molecule has 0 fully saturated rings. The molecule has 3 aromatic heterocycles. The number of aryl methyl sites for hydroxylation is 2. The molecule has 7 nitrogen and oxygen atoms in total. The predicted octanol–water partition coefficient (Wildman–Crippen LogP) is 6.07. The van der Waals surface area contributed by atoms with Crippen molar-refractivity contribution in [1.82, 2.24) is 14.5 Å². The molecule has 0 radical (unpaired) electrons. The van der Waals surface area contributed by atoms with Gasteiger partial charge in [-0.05, 0) is 80.4 Å². The van der Waals surface area contributed by atoms with Crippen molar-refractivity contribution >= 4 is 16.8 Å². The number of nitriles is 1. The maximum atomic E-state index is 15.1. The average molecular weight is 537 g/mol. The standard InChI is InChI=1S/C31H22F2N4O3/c1-17-12-26-30(36-18(17)2)29(10-11-35-26)40-28-9-4-20(13-25(28)33)14-27(38)24-15-21(16-34)19(3)37(31(24)39)23-7-5-22(32)6-8-23/h4-13,15H,14H2,1-3H3. The minimum absolute atomic E-state index is 0.0653. The topological polar surface area (TPSA) is 97.9 Å². The van der Waals surface area contributed by atoms with Crippen molar-refractivity contribution in [2.75, 3.05) is 0 Å². The minimum atomic E-state index is -0.704. The van der Waals surface area contributed by atoms with Gasteiger partial charge in [0.15, 0.2) is 23.1 Å². The zero-order valence-electron chi connectivity index (χ0n) is 21.8. The van der Waals surface area contributed by atoms with E-state index >= 15 is 4.39 Å². The Morgan fingerprint density at radius 3 is 2.45 bits per heavy atom. The van der Waals surface area contributed by atoms with Crippen LogP contribution >= 0.6 is 0 Å². The summed E-state index contributed by atoms with van der Waals surface area (Å²) >= 11 is 0. The number of ether oxygens (including phenoxy) is 1. The lowest BCUT2D eigenvalue weighted by Gasteiger charge is -2.14. The van der Waals surface area contributed by atoms with Gasteiger partial charge in [-0.1, -0.05) is 6.07 Å². The number of pyridine rings is 3. The highest BCUT2D eigenvalue weighted by molar-refractivity contribution is 5.97. The molecule has 0 aliphatic heterocycles. The first kappa shape index (κ1) is 26.4. The lowest BCUT2D eigenvalue weighted by Crippen LogP contribution is -2.28. The minimum Gasteiger partial charge on any atom is -0.452 e. The number of nitrogens with zero attached hydrogens (tertiary/aromatic N) is 4. The number of Topliss-reactive ketones (excluding diaryl/α,β-unsaturated/α-hetero) is 1. The third-order valence-corrected chi connectivity index (χ3v) is 6.65. The molecule has 198 valence electrons. The van der Waals surface area contributed by atoms with E-state index in [1.165, 1.54) is 47.0 Å². The van der Waals surface area contributed by atoms with Crippen molar-refractivity contribution in [3.8, 4) is 23.3 Å². The number of hydrogen-bond acceptors (Lipinski definition) is 6. The van der Waals surface area contributed by atoms with Crippen molar-refractivity contribution in [1.29, 1.82) is 5.26 Å². The first-order valence-electron chi connectivity index (χ1n) is 12.3. The fraction of sp³-hybridized carbons (Fsp3) is 0.129. The molecule has 0 aliphatic carbocycles. The van der Waals surface area contributed by atoms with Crippen LogP contribution in [0.5, 0.6) is 11.5 Å². The van der Waals surface area contributed by atoms with Crippen LogP contribution in [0.3, 0.4) is 0 Å². The van der Waals surface area contributed by atoms with Gasteiger partial charge >= 0.3 is 0 Å². The van der Waals surface area contributed by atoms with Crippen LogP contribution in [0.2, 0.25) is 0 Å². The van der Waals surface area contributed by atoms with Gasteiger partial charge in [-0.2, -0.15) is 5.26 Å². The molecule has 0 amide bonds. The summed E-state index contributed by atoms with van der Waals surface area (Å²) in [6.07, 6.45) is 1.26. The molecule has 40 heavy (non-hydrogen) atoms. The molecule has 0 unspecified atom stereocenters. The second kappa shape index (κ2) is 10.5. The van der Waals surface area contributed by atoms with Gasteiger partial charge in [0.2, 0.25) is 0 Å². The van der Waals surface area contributed by atoms with Gasteiger partial charge < -0.3 is 4.74 Å². The van der Waals surface area contributed by atoms with Crippen LogP contribution < -0.4 is 10.3 Å². The number of aromatic nitrogens is 3. The first-order chi connectivity index (χ1) is 19.2. The number of fused-ring (bicyclic) bond motifs is 1. The van der Waals surface area contributed by atoms with Crippen LogP contribution in [-0.4, -0.2) is 20.3 Å². The van der Waals surface area contributed by atoms with Crippen molar-refractivity contribution in [3.05, 3.63) is 122 Å². The van der Waals surface area contributed by atoms with E-state index in [-0.39, 0.29) is 23.3 Å². The van der Waals surface area contributed by atoms with Gasteiger partial charge in [-0.25, -0.2) is 13.8 Å². The maximum Gasteiger partial charge on any atom is 0.266 e. The predicted molar refractivity (Wildman–Crippen MR) is 145 cm³/mol. The van der Waals surface area contributed by atoms with Gasteiger partial charge in [0.25, 0.3) is 5.56 Å². The zero-order chi connectivity index (χ0) is 28.6. The fourth-order valence-corrected chi connectivity index (χ4v) is 4.37. The molecular weight excluding hydrogens is 514 g/mol. The second-order valence-corrected chi connectivity index (χ2v) is 9.32. The summed E-state index contributed by atoms with van der Waals surface area (Å²) in [6, 6.07) is 15.9. The number of carbonyl (C=O) groups excluding carboxylic acids is 1. The SMILES string of the molecule is Cc1cc2nccc(Oc3ccc(CC(=O)c4cc(C#N)c(C)n(-c5ccc(F)cc5)c4=O)cc3F)c2nc1C. The third-order valence-electron chi connectivity index (χ3n) is 6.65. The van der Waals surface area contributed by atoms with Crippen LogP contribution in [0, 0.1) is 43.7 Å². The number of ketones is 1. The molecule has 5 rings (SSSR count). The van der Waals surface area contributed by atoms with Crippen molar-refractivity contribution in [3.63, 3.8) is 0 Å². The van der Waals surface area contributed by atoms with Crippen molar-refractivity contribution in [2.24, 2.45) is 0 Å². The monoisotopic (exact) mass is 536 g/mol. The Morgan fingerprint density at radius 1 is 1.00 bits per heavy atom. The molecule has 0 spiro atoms.